The highest BCUT2D eigenvalue weighted by atomic mass is 35.5. The molecule has 1 N–H and O–H groups in total. The minimum absolute atomic E-state index is 0. The summed E-state index contributed by atoms with van der Waals surface area (Å²) in [5.74, 6) is -0.382. The lowest BCUT2D eigenvalue weighted by Crippen LogP contribution is -2.45. The molecule has 1 atom stereocenters. The second-order valence-electron chi connectivity index (χ2n) is 5.85. The molecule has 1 heterocycles. The lowest BCUT2D eigenvalue weighted by Gasteiger charge is -2.36. The third-order valence-corrected chi connectivity index (χ3v) is 4.31. The fraction of sp³-hybridized carbons (Fsp3) is 0.625. The first-order chi connectivity index (χ1) is 11.6. The van der Waals surface area contributed by atoms with E-state index >= 15 is 0 Å². The number of benzene rings is 1. The summed E-state index contributed by atoms with van der Waals surface area (Å²) in [5, 5.41) is 3.10. The molecule has 2 rings (SSSR count). The number of rotatable bonds is 4. The van der Waals surface area contributed by atoms with E-state index in [2.05, 4.69) is 5.32 Å². The summed E-state index contributed by atoms with van der Waals surface area (Å²) in [6, 6.07) is 0.161. The van der Waals surface area contributed by atoms with Gasteiger partial charge in [0.1, 0.15) is 5.75 Å². The standard InChI is InChI=1S/C16H20F6N2O.ClH/c1-3-12(24-6-4-23-5-7-24)14-11(16(20,21)22)8-10(15(17,18)19)9-13(14)25-2;/h8-9,12,23H,3-7H2,1-2H3;1H/t12-;/m1./s1. The van der Waals surface area contributed by atoms with E-state index in [0.29, 0.717) is 38.7 Å². The van der Waals surface area contributed by atoms with Crippen molar-refractivity contribution in [1.29, 1.82) is 0 Å². The van der Waals surface area contributed by atoms with Crippen LogP contribution in [0.3, 0.4) is 0 Å². The van der Waals surface area contributed by atoms with Crippen molar-refractivity contribution >= 4 is 12.4 Å². The van der Waals surface area contributed by atoms with Crippen molar-refractivity contribution < 1.29 is 31.1 Å². The second-order valence-corrected chi connectivity index (χ2v) is 5.85. The number of alkyl halides is 6. The quantitative estimate of drug-likeness (QED) is 0.744. The highest BCUT2D eigenvalue weighted by Crippen LogP contribution is 2.45. The monoisotopic (exact) mass is 406 g/mol. The van der Waals surface area contributed by atoms with E-state index in [1.165, 1.54) is 0 Å². The molecule has 0 aliphatic carbocycles. The first-order valence-electron chi connectivity index (χ1n) is 7.90. The van der Waals surface area contributed by atoms with E-state index in [9.17, 15) is 26.3 Å². The molecule has 1 saturated heterocycles. The Balaban J connectivity index is 0.00000338. The van der Waals surface area contributed by atoms with E-state index in [1.54, 1.807) is 6.92 Å². The number of ether oxygens (including phenoxy) is 1. The van der Waals surface area contributed by atoms with Gasteiger partial charge >= 0.3 is 12.4 Å². The zero-order valence-corrected chi connectivity index (χ0v) is 15.1. The lowest BCUT2D eigenvalue weighted by molar-refractivity contribution is -0.144. The first-order valence-corrected chi connectivity index (χ1v) is 7.90. The third kappa shape index (κ3) is 4.95. The van der Waals surface area contributed by atoms with Crippen molar-refractivity contribution in [2.24, 2.45) is 0 Å². The van der Waals surface area contributed by atoms with Gasteiger partial charge in [0.15, 0.2) is 0 Å². The minimum atomic E-state index is -4.91. The van der Waals surface area contributed by atoms with Crippen molar-refractivity contribution in [3.05, 3.63) is 28.8 Å². The Morgan fingerprint density at radius 3 is 2.08 bits per heavy atom. The number of hydrogen-bond donors (Lipinski definition) is 1. The number of nitrogens with one attached hydrogen (secondary N) is 1. The molecule has 1 fully saturated rings. The highest BCUT2D eigenvalue weighted by Gasteiger charge is 2.42. The number of methoxy groups -OCH3 is 1. The van der Waals surface area contributed by atoms with Gasteiger partial charge in [-0.3, -0.25) is 4.90 Å². The van der Waals surface area contributed by atoms with Gasteiger partial charge in [-0.2, -0.15) is 26.3 Å². The van der Waals surface area contributed by atoms with Crippen LogP contribution >= 0.6 is 12.4 Å². The number of nitrogens with zero attached hydrogens (tertiary/aromatic N) is 1. The maximum absolute atomic E-state index is 13.5. The largest absolute Gasteiger partial charge is 0.496 e. The fourth-order valence-electron chi connectivity index (χ4n) is 3.18. The molecule has 1 aliphatic rings. The van der Waals surface area contributed by atoms with Crippen molar-refractivity contribution in [3.8, 4) is 5.75 Å². The van der Waals surface area contributed by atoms with Crippen LogP contribution in [-0.2, 0) is 12.4 Å². The molecule has 150 valence electrons. The summed E-state index contributed by atoms with van der Waals surface area (Å²) in [6.07, 6.45) is -9.47. The summed E-state index contributed by atoms with van der Waals surface area (Å²) < 4.78 is 84.6. The minimum Gasteiger partial charge on any atom is -0.496 e. The zero-order valence-electron chi connectivity index (χ0n) is 14.3. The van der Waals surface area contributed by atoms with Crippen LogP contribution in [0.15, 0.2) is 12.1 Å². The van der Waals surface area contributed by atoms with Crippen molar-refractivity contribution in [2.45, 2.75) is 31.7 Å². The van der Waals surface area contributed by atoms with E-state index in [0.717, 1.165) is 7.11 Å². The second kappa shape index (κ2) is 8.67. The van der Waals surface area contributed by atoms with Crippen LogP contribution in [0, 0.1) is 0 Å². The van der Waals surface area contributed by atoms with E-state index in [-0.39, 0.29) is 29.8 Å². The zero-order chi connectivity index (χ0) is 18.8. The van der Waals surface area contributed by atoms with Gasteiger partial charge < -0.3 is 10.1 Å². The summed E-state index contributed by atoms with van der Waals surface area (Å²) in [7, 11) is 1.09. The molecule has 0 spiro atoms. The molecular weight excluding hydrogens is 386 g/mol. The van der Waals surface area contributed by atoms with Crippen molar-refractivity contribution in [3.63, 3.8) is 0 Å². The van der Waals surface area contributed by atoms with E-state index < -0.39 is 29.5 Å². The number of hydrogen-bond acceptors (Lipinski definition) is 3. The average Bonchev–Trinajstić information content (AvgIpc) is 2.54. The Morgan fingerprint density at radius 1 is 1.08 bits per heavy atom. The predicted molar refractivity (Wildman–Crippen MR) is 87.7 cm³/mol. The fourth-order valence-corrected chi connectivity index (χ4v) is 3.18. The Labute approximate surface area is 154 Å². The molecule has 10 heteroatoms. The lowest BCUT2D eigenvalue weighted by atomic mass is 9.93. The highest BCUT2D eigenvalue weighted by molar-refractivity contribution is 5.85. The summed E-state index contributed by atoms with van der Waals surface area (Å²) >= 11 is 0. The van der Waals surface area contributed by atoms with Gasteiger partial charge in [0.05, 0.1) is 18.2 Å². The SMILES string of the molecule is CC[C@H](c1c(OC)cc(C(F)(F)F)cc1C(F)(F)F)N1CCNCC1.Cl. The third-order valence-electron chi connectivity index (χ3n) is 4.31. The summed E-state index contributed by atoms with van der Waals surface area (Å²) in [4.78, 5) is 1.84. The summed E-state index contributed by atoms with van der Waals surface area (Å²) in [5.41, 5.74) is -2.88. The van der Waals surface area contributed by atoms with Crippen LogP contribution in [0.5, 0.6) is 5.75 Å². The van der Waals surface area contributed by atoms with Crippen LogP contribution in [0.4, 0.5) is 26.3 Å². The van der Waals surface area contributed by atoms with Crippen molar-refractivity contribution in [1.82, 2.24) is 10.2 Å². The molecule has 26 heavy (non-hydrogen) atoms. The van der Waals surface area contributed by atoms with Gasteiger partial charge in [-0.25, -0.2) is 0 Å². The molecule has 0 aromatic heterocycles. The van der Waals surface area contributed by atoms with Gasteiger partial charge in [0, 0.05) is 37.8 Å². The molecule has 1 aliphatic heterocycles. The van der Waals surface area contributed by atoms with Crippen LogP contribution in [-0.4, -0.2) is 38.2 Å². The Bertz CT molecular complexity index is 600. The van der Waals surface area contributed by atoms with Crippen LogP contribution in [0.2, 0.25) is 0 Å². The van der Waals surface area contributed by atoms with Gasteiger partial charge in [0.25, 0.3) is 0 Å². The molecule has 1 aromatic rings. The molecular formula is C16H21ClF6N2O. The van der Waals surface area contributed by atoms with Crippen LogP contribution < -0.4 is 10.1 Å². The molecule has 0 radical (unpaired) electrons. The molecule has 0 saturated carbocycles. The topological polar surface area (TPSA) is 24.5 Å². The maximum atomic E-state index is 13.5. The summed E-state index contributed by atoms with van der Waals surface area (Å²) in [6.45, 7) is 3.96. The van der Waals surface area contributed by atoms with Crippen molar-refractivity contribution in [2.75, 3.05) is 33.3 Å². The van der Waals surface area contributed by atoms with E-state index in [1.807, 2.05) is 4.90 Å². The predicted octanol–water partition coefficient (Wildman–Crippen LogP) is 4.51. The maximum Gasteiger partial charge on any atom is 0.416 e. The Kier molecular flexibility index (Phi) is 7.62. The molecule has 1 aromatic carbocycles. The smallest absolute Gasteiger partial charge is 0.416 e. The average molecular weight is 407 g/mol. The molecule has 0 bridgehead atoms. The Hall–Kier alpha value is -1.19. The molecule has 0 unspecified atom stereocenters. The van der Waals surface area contributed by atoms with Crippen LogP contribution in [0.25, 0.3) is 0 Å². The number of piperazine rings is 1. The van der Waals surface area contributed by atoms with Gasteiger partial charge in [0.2, 0.25) is 0 Å². The van der Waals surface area contributed by atoms with Gasteiger partial charge in [-0.05, 0) is 18.6 Å². The first kappa shape index (κ1) is 22.9. The normalized spacial score (nSPS) is 17.5. The van der Waals surface area contributed by atoms with Crippen LogP contribution in [0.1, 0.15) is 36.1 Å². The Morgan fingerprint density at radius 2 is 1.65 bits per heavy atom. The van der Waals surface area contributed by atoms with Gasteiger partial charge in [-0.1, -0.05) is 6.92 Å². The molecule has 0 amide bonds. The molecule has 3 nitrogen and oxygen atoms in total. The number of halogens is 7. The van der Waals surface area contributed by atoms with E-state index in [4.69, 9.17) is 4.74 Å². The van der Waals surface area contributed by atoms with Gasteiger partial charge in [-0.15, -0.1) is 12.4 Å².